The van der Waals surface area contributed by atoms with E-state index in [0.717, 1.165) is 40.2 Å². The number of methoxy groups -OCH3 is 1. The molecular formula is C21H20ClN3O2. The number of hydrogen-bond donors (Lipinski definition) is 1. The van der Waals surface area contributed by atoms with Crippen LogP contribution in [0.4, 0.5) is 0 Å². The van der Waals surface area contributed by atoms with Gasteiger partial charge in [-0.2, -0.15) is 5.10 Å². The largest absolute Gasteiger partial charge is 0.497 e. The highest BCUT2D eigenvalue weighted by molar-refractivity contribution is 6.30. The second kappa shape index (κ2) is 7.45. The molecular weight excluding hydrogens is 362 g/mol. The van der Waals surface area contributed by atoms with E-state index in [1.807, 2.05) is 53.4 Å². The lowest BCUT2D eigenvalue weighted by atomic mass is 10.0. The second-order valence-electron chi connectivity index (χ2n) is 6.63. The monoisotopic (exact) mass is 381 g/mol. The van der Waals surface area contributed by atoms with Crippen LogP contribution < -0.4 is 4.74 Å². The Balaban J connectivity index is 1.51. The molecule has 3 aromatic rings. The molecule has 0 radical (unpaired) electrons. The lowest BCUT2D eigenvalue weighted by molar-refractivity contribution is -0.131. The van der Waals surface area contributed by atoms with Crippen molar-refractivity contribution < 1.29 is 9.53 Å². The molecule has 0 saturated heterocycles. The van der Waals surface area contributed by atoms with Gasteiger partial charge in [-0.25, -0.2) is 0 Å². The van der Waals surface area contributed by atoms with Crippen molar-refractivity contribution in [1.82, 2.24) is 15.1 Å². The minimum Gasteiger partial charge on any atom is -0.497 e. The molecule has 0 saturated carbocycles. The SMILES string of the molecule is COc1ccc(CC(=O)N2CCc3[nH]nc(-c4ccc(Cl)cc4)c3C2)cc1. The van der Waals surface area contributed by atoms with Crippen LogP contribution in [0.5, 0.6) is 5.75 Å². The van der Waals surface area contributed by atoms with Gasteiger partial charge >= 0.3 is 0 Å². The number of H-pyrrole nitrogens is 1. The third-order valence-electron chi connectivity index (χ3n) is 4.92. The molecule has 0 atom stereocenters. The summed E-state index contributed by atoms with van der Waals surface area (Å²) in [6.07, 6.45) is 1.16. The van der Waals surface area contributed by atoms with Crippen molar-refractivity contribution in [3.8, 4) is 17.0 Å². The molecule has 1 aromatic heterocycles. The van der Waals surface area contributed by atoms with E-state index in [0.29, 0.717) is 24.5 Å². The predicted octanol–water partition coefficient (Wildman–Crippen LogP) is 3.87. The van der Waals surface area contributed by atoms with Gasteiger partial charge in [0.1, 0.15) is 5.75 Å². The minimum absolute atomic E-state index is 0.120. The number of hydrogen-bond acceptors (Lipinski definition) is 3. The molecule has 0 fully saturated rings. The Morgan fingerprint density at radius 1 is 1.19 bits per heavy atom. The fourth-order valence-electron chi connectivity index (χ4n) is 3.38. The van der Waals surface area contributed by atoms with Crippen LogP contribution in [0.2, 0.25) is 5.02 Å². The lowest BCUT2D eigenvalue weighted by Crippen LogP contribution is -2.36. The van der Waals surface area contributed by atoms with Gasteiger partial charge in [-0.05, 0) is 29.8 Å². The first kappa shape index (κ1) is 17.6. The van der Waals surface area contributed by atoms with Gasteiger partial charge in [0.25, 0.3) is 0 Å². The highest BCUT2D eigenvalue weighted by atomic mass is 35.5. The third kappa shape index (κ3) is 3.69. The number of nitrogens with one attached hydrogen (secondary N) is 1. The van der Waals surface area contributed by atoms with Gasteiger partial charge in [-0.3, -0.25) is 9.89 Å². The molecule has 1 aliphatic heterocycles. The van der Waals surface area contributed by atoms with Gasteiger partial charge in [0.2, 0.25) is 5.91 Å². The Bertz CT molecular complexity index is 949. The molecule has 1 N–H and O–H groups in total. The maximum Gasteiger partial charge on any atom is 0.227 e. The standard InChI is InChI=1S/C21H20ClN3O2/c1-27-17-8-2-14(3-9-17)12-20(26)25-11-10-19-18(13-25)21(24-23-19)15-4-6-16(22)7-5-15/h2-9H,10-13H2,1H3,(H,23,24). The Morgan fingerprint density at radius 3 is 2.63 bits per heavy atom. The Hall–Kier alpha value is -2.79. The molecule has 5 nitrogen and oxygen atoms in total. The first-order valence-corrected chi connectivity index (χ1v) is 9.24. The topological polar surface area (TPSA) is 58.2 Å². The smallest absolute Gasteiger partial charge is 0.227 e. The van der Waals surface area contributed by atoms with Crippen molar-refractivity contribution >= 4 is 17.5 Å². The van der Waals surface area contributed by atoms with Crippen molar-refractivity contribution in [1.29, 1.82) is 0 Å². The van der Waals surface area contributed by atoms with Crippen LogP contribution >= 0.6 is 11.6 Å². The summed E-state index contributed by atoms with van der Waals surface area (Å²) >= 11 is 5.99. The number of benzene rings is 2. The van der Waals surface area contributed by atoms with E-state index in [4.69, 9.17) is 16.3 Å². The van der Waals surface area contributed by atoms with Gasteiger partial charge in [0.05, 0.1) is 19.2 Å². The van der Waals surface area contributed by atoms with Crippen molar-refractivity contribution in [2.45, 2.75) is 19.4 Å². The molecule has 2 aromatic carbocycles. The number of rotatable bonds is 4. The molecule has 0 bridgehead atoms. The first-order valence-electron chi connectivity index (χ1n) is 8.87. The number of nitrogens with zero attached hydrogens (tertiary/aromatic N) is 2. The lowest BCUT2D eigenvalue weighted by Gasteiger charge is -2.27. The van der Waals surface area contributed by atoms with E-state index < -0.39 is 0 Å². The van der Waals surface area contributed by atoms with E-state index in [2.05, 4.69) is 10.2 Å². The van der Waals surface area contributed by atoms with E-state index >= 15 is 0 Å². The van der Waals surface area contributed by atoms with Gasteiger partial charge in [0, 0.05) is 41.4 Å². The van der Waals surface area contributed by atoms with Crippen LogP contribution in [-0.2, 0) is 24.2 Å². The van der Waals surface area contributed by atoms with Gasteiger partial charge in [-0.1, -0.05) is 35.9 Å². The van der Waals surface area contributed by atoms with Crippen LogP contribution in [0.15, 0.2) is 48.5 Å². The number of aromatic nitrogens is 2. The molecule has 2 heterocycles. The summed E-state index contributed by atoms with van der Waals surface area (Å²) in [7, 11) is 1.63. The number of fused-ring (bicyclic) bond motifs is 1. The van der Waals surface area contributed by atoms with E-state index in [1.165, 1.54) is 0 Å². The fourth-order valence-corrected chi connectivity index (χ4v) is 3.51. The summed E-state index contributed by atoms with van der Waals surface area (Å²) in [5, 5.41) is 8.29. The molecule has 6 heteroatoms. The van der Waals surface area contributed by atoms with Crippen molar-refractivity contribution in [2.75, 3.05) is 13.7 Å². The first-order chi connectivity index (χ1) is 13.1. The molecule has 0 spiro atoms. The Morgan fingerprint density at radius 2 is 1.93 bits per heavy atom. The Labute approximate surface area is 162 Å². The highest BCUT2D eigenvalue weighted by Gasteiger charge is 2.25. The van der Waals surface area contributed by atoms with Crippen molar-refractivity contribution in [2.24, 2.45) is 0 Å². The van der Waals surface area contributed by atoms with E-state index in [9.17, 15) is 4.79 Å². The second-order valence-corrected chi connectivity index (χ2v) is 7.06. The van der Waals surface area contributed by atoms with Crippen LogP contribution in [-0.4, -0.2) is 34.7 Å². The maximum absolute atomic E-state index is 12.8. The number of amides is 1. The zero-order valence-electron chi connectivity index (χ0n) is 15.0. The number of ether oxygens (including phenoxy) is 1. The summed E-state index contributed by atoms with van der Waals surface area (Å²) in [6, 6.07) is 15.2. The Kier molecular flexibility index (Phi) is 4.86. The van der Waals surface area contributed by atoms with Crippen LogP contribution in [0.1, 0.15) is 16.8 Å². The molecule has 138 valence electrons. The number of carbonyl (C=O) groups excluding carboxylic acids is 1. The number of carbonyl (C=O) groups is 1. The molecule has 1 amide bonds. The maximum atomic E-state index is 12.8. The summed E-state index contributed by atoms with van der Waals surface area (Å²) < 4.78 is 5.17. The highest BCUT2D eigenvalue weighted by Crippen LogP contribution is 2.29. The summed E-state index contributed by atoms with van der Waals surface area (Å²) in [5.41, 5.74) is 5.07. The van der Waals surface area contributed by atoms with Crippen molar-refractivity contribution in [3.63, 3.8) is 0 Å². The zero-order valence-corrected chi connectivity index (χ0v) is 15.8. The van der Waals surface area contributed by atoms with Crippen LogP contribution in [0, 0.1) is 0 Å². The average molecular weight is 382 g/mol. The molecule has 1 aliphatic rings. The fraction of sp³-hybridized carbons (Fsp3) is 0.238. The van der Waals surface area contributed by atoms with E-state index in [-0.39, 0.29) is 5.91 Å². The van der Waals surface area contributed by atoms with Gasteiger partial charge in [-0.15, -0.1) is 0 Å². The molecule has 27 heavy (non-hydrogen) atoms. The summed E-state index contributed by atoms with van der Waals surface area (Å²) in [4.78, 5) is 14.7. The molecule has 4 rings (SSSR count). The van der Waals surface area contributed by atoms with Crippen molar-refractivity contribution in [3.05, 3.63) is 70.4 Å². The van der Waals surface area contributed by atoms with Gasteiger partial charge < -0.3 is 9.64 Å². The summed E-state index contributed by atoms with van der Waals surface area (Å²) in [5.74, 6) is 0.911. The third-order valence-corrected chi connectivity index (χ3v) is 5.17. The van der Waals surface area contributed by atoms with Gasteiger partial charge in [0.15, 0.2) is 0 Å². The number of aromatic amines is 1. The van der Waals surface area contributed by atoms with Crippen LogP contribution in [0.25, 0.3) is 11.3 Å². The number of halogens is 1. The zero-order chi connectivity index (χ0) is 18.8. The predicted molar refractivity (Wildman–Crippen MR) is 105 cm³/mol. The molecule has 0 aliphatic carbocycles. The normalized spacial score (nSPS) is 13.3. The van der Waals surface area contributed by atoms with E-state index in [1.54, 1.807) is 7.11 Å². The average Bonchev–Trinajstić information content (AvgIpc) is 3.12. The van der Waals surface area contributed by atoms with Crippen LogP contribution in [0.3, 0.4) is 0 Å². The minimum atomic E-state index is 0.120. The summed E-state index contributed by atoms with van der Waals surface area (Å²) in [6.45, 7) is 1.27. The quantitative estimate of drug-likeness (QED) is 0.746. The molecule has 0 unspecified atom stereocenters.